The zero-order valence-electron chi connectivity index (χ0n) is 12.9. The number of hydrogen-bond acceptors (Lipinski definition) is 4. The van der Waals surface area contributed by atoms with E-state index in [4.69, 9.17) is 4.42 Å². The van der Waals surface area contributed by atoms with Crippen molar-refractivity contribution in [1.29, 1.82) is 0 Å². The molecule has 3 rings (SSSR count). The van der Waals surface area contributed by atoms with Crippen molar-refractivity contribution in [2.75, 3.05) is 26.2 Å². The lowest BCUT2D eigenvalue weighted by atomic mass is 10.2. The first-order valence-corrected chi connectivity index (χ1v) is 7.60. The van der Waals surface area contributed by atoms with Gasteiger partial charge in [0, 0.05) is 57.2 Å². The van der Waals surface area contributed by atoms with Crippen molar-refractivity contribution in [3.05, 3.63) is 53.2 Å². The number of hydrogen-bond donors (Lipinski definition) is 0. The third-order valence-electron chi connectivity index (χ3n) is 4.13. The molecule has 2 aromatic heterocycles. The Kier molecular flexibility index (Phi) is 4.36. The predicted octanol–water partition coefficient (Wildman–Crippen LogP) is 2.61. The average Bonchev–Trinajstić information content (AvgIpc) is 2.80. The highest BCUT2D eigenvalue weighted by Gasteiger charge is 2.18. The Morgan fingerprint density at radius 3 is 2.38 bits per heavy atom. The van der Waals surface area contributed by atoms with E-state index in [9.17, 15) is 0 Å². The van der Waals surface area contributed by atoms with Gasteiger partial charge in [0.15, 0.2) is 0 Å². The van der Waals surface area contributed by atoms with Gasteiger partial charge in [0.1, 0.15) is 11.5 Å². The van der Waals surface area contributed by atoms with Crippen molar-refractivity contribution in [3.8, 4) is 0 Å². The second-order valence-electron chi connectivity index (χ2n) is 5.85. The van der Waals surface area contributed by atoms with E-state index < -0.39 is 0 Å². The summed E-state index contributed by atoms with van der Waals surface area (Å²) in [4.78, 5) is 9.20. The van der Waals surface area contributed by atoms with E-state index in [-0.39, 0.29) is 0 Å². The third kappa shape index (κ3) is 3.71. The predicted molar refractivity (Wildman–Crippen MR) is 83.0 cm³/mol. The lowest BCUT2D eigenvalue weighted by Crippen LogP contribution is -2.45. The van der Waals surface area contributed by atoms with Crippen LogP contribution in [0, 0.1) is 13.8 Å². The maximum absolute atomic E-state index is 5.61. The summed E-state index contributed by atoms with van der Waals surface area (Å²) in [5.74, 6) is 2.07. The highest BCUT2D eigenvalue weighted by atomic mass is 16.3. The van der Waals surface area contributed by atoms with E-state index in [2.05, 4.69) is 33.8 Å². The Hall–Kier alpha value is -1.65. The number of furan rings is 1. The monoisotopic (exact) mass is 285 g/mol. The molecule has 2 aromatic rings. The summed E-state index contributed by atoms with van der Waals surface area (Å²) >= 11 is 0. The SMILES string of the molecule is Cc1cc(CN2CCN(Cc3cccnc3)CC2)c(C)o1. The molecule has 0 saturated carbocycles. The van der Waals surface area contributed by atoms with Crippen LogP contribution in [0.3, 0.4) is 0 Å². The fourth-order valence-corrected chi connectivity index (χ4v) is 2.94. The van der Waals surface area contributed by atoms with Crippen LogP contribution in [0.1, 0.15) is 22.6 Å². The molecule has 4 nitrogen and oxygen atoms in total. The molecular weight excluding hydrogens is 262 g/mol. The van der Waals surface area contributed by atoms with Crippen LogP contribution in [0.15, 0.2) is 35.0 Å². The van der Waals surface area contributed by atoms with Gasteiger partial charge in [-0.2, -0.15) is 0 Å². The molecule has 1 fully saturated rings. The molecule has 0 atom stereocenters. The van der Waals surface area contributed by atoms with Crippen LogP contribution in [-0.2, 0) is 13.1 Å². The van der Waals surface area contributed by atoms with Gasteiger partial charge in [-0.05, 0) is 31.5 Å². The first kappa shape index (κ1) is 14.3. The number of aryl methyl sites for hydroxylation is 2. The van der Waals surface area contributed by atoms with Crippen molar-refractivity contribution in [2.45, 2.75) is 26.9 Å². The molecule has 0 radical (unpaired) electrons. The molecule has 1 aliphatic rings. The van der Waals surface area contributed by atoms with Gasteiger partial charge in [-0.1, -0.05) is 6.07 Å². The fraction of sp³-hybridized carbons (Fsp3) is 0.471. The number of piperazine rings is 1. The number of pyridine rings is 1. The summed E-state index contributed by atoms with van der Waals surface area (Å²) in [5.41, 5.74) is 2.63. The maximum atomic E-state index is 5.61. The van der Waals surface area contributed by atoms with Gasteiger partial charge < -0.3 is 4.42 Å². The largest absolute Gasteiger partial charge is 0.466 e. The molecule has 0 N–H and O–H groups in total. The quantitative estimate of drug-likeness (QED) is 0.864. The maximum Gasteiger partial charge on any atom is 0.105 e. The van der Waals surface area contributed by atoms with E-state index in [0.717, 1.165) is 50.8 Å². The lowest BCUT2D eigenvalue weighted by Gasteiger charge is -2.34. The Balaban J connectivity index is 1.50. The van der Waals surface area contributed by atoms with Gasteiger partial charge in [0.2, 0.25) is 0 Å². The van der Waals surface area contributed by atoms with E-state index in [1.807, 2.05) is 25.4 Å². The molecule has 4 heteroatoms. The molecule has 0 aromatic carbocycles. The van der Waals surface area contributed by atoms with Crippen molar-refractivity contribution in [3.63, 3.8) is 0 Å². The molecule has 112 valence electrons. The minimum atomic E-state index is 1.00. The molecule has 0 aliphatic carbocycles. The second kappa shape index (κ2) is 6.41. The molecule has 0 amide bonds. The van der Waals surface area contributed by atoms with Crippen LogP contribution in [0.5, 0.6) is 0 Å². The molecule has 0 spiro atoms. The third-order valence-corrected chi connectivity index (χ3v) is 4.13. The fourth-order valence-electron chi connectivity index (χ4n) is 2.94. The Bertz CT molecular complexity index is 571. The Morgan fingerprint density at radius 2 is 1.81 bits per heavy atom. The smallest absolute Gasteiger partial charge is 0.105 e. The minimum absolute atomic E-state index is 1.00. The van der Waals surface area contributed by atoms with Crippen LogP contribution in [-0.4, -0.2) is 41.0 Å². The van der Waals surface area contributed by atoms with Gasteiger partial charge in [-0.3, -0.25) is 14.8 Å². The van der Waals surface area contributed by atoms with Gasteiger partial charge in [0.05, 0.1) is 0 Å². The van der Waals surface area contributed by atoms with Crippen molar-refractivity contribution in [1.82, 2.24) is 14.8 Å². The number of rotatable bonds is 4. The Labute approximate surface area is 126 Å². The van der Waals surface area contributed by atoms with E-state index >= 15 is 0 Å². The summed E-state index contributed by atoms with van der Waals surface area (Å²) < 4.78 is 5.61. The number of nitrogens with zero attached hydrogens (tertiary/aromatic N) is 3. The summed E-state index contributed by atoms with van der Waals surface area (Å²) in [6.07, 6.45) is 3.79. The Morgan fingerprint density at radius 1 is 1.10 bits per heavy atom. The first-order valence-electron chi connectivity index (χ1n) is 7.60. The molecule has 0 unspecified atom stereocenters. The van der Waals surface area contributed by atoms with Crippen LogP contribution in [0.2, 0.25) is 0 Å². The van der Waals surface area contributed by atoms with Crippen LogP contribution < -0.4 is 0 Å². The standard InChI is InChI=1S/C17H23N3O/c1-14-10-17(15(2)21-14)13-20-8-6-19(7-9-20)12-16-4-3-5-18-11-16/h3-5,10-11H,6-9,12-13H2,1-2H3. The molecular formula is C17H23N3O. The van der Waals surface area contributed by atoms with Gasteiger partial charge in [0.25, 0.3) is 0 Å². The highest BCUT2D eigenvalue weighted by Crippen LogP contribution is 2.17. The highest BCUT2D eigenvalue weighted by molar-refractivity contribution is 5.20. The normalized spacial score (nSPS) is 17.2. The van der Waals surface area contributed by atoms with E-state index in [0.29, 0.717) is 0 Å². The number of aromatic nitrogens is 1. The average molecular weight is 285 g/mol. The van der Waals surface area contributed by atoms with Crippen molar-refractivity contribution in [2.24, 2.45) is 0 Å². The van der Waals surface area contributed by atoms with E-state index in [1.54, 1.807) is 0 Å². The van der Waals surface area contributed by atoms with Crippen molar-refractivity contribution >= 4 is 0 Å². The summed E-state index contributed by atoms with van der Waals surface area (Å²) in [5, 5.41) is 0. The molecule has 0 bridgehead atoms. The molecule has 3 heterocycles. The van der Waals surface area contributed by atoms with Crippen LogP contribution in [0.25, 0.3) is 0 Å². The molecule has 1 aliphatic heterocycles. The van der Waals surface area contributed by atoms with Gasteiger partial charge in [-0.25, -0.2) is 0 Å². The topological polar surface area (TPSA) is 32.5 Å². The van der Waals surface area contributed by atoms with Crippen LogP contribution >= 0.6 is 0 Å². The van der Waals surface area contributed by atoms with Gasteiger partial charge in [-0.15, -0.1) is 0 Å². The molecule has 21 heavy (non-hydrogen) atoms. The second-order valence-corrected chi connectivity index (χ2v) is 5.85. The zero-order chi connectivity index (χ0) is 14.7. The summed E-state index contributed by atoms with van der Waals surface area (Å²) in [6.45, 7) is 10.5. The van der Waals surface area contributed by atoms with E-state index in [1.165, 1.54) is 11.1 Å². The summed E-state index contributed by atoms with van der Waals surface area (Å²) in [6, 6.07) is 6.32. The summed E-state index contributed by atoms with van der Waals surface area (Å²) in [7, 11) is 0. The first-order chi connectivity index (χ1) is 10.2. The van der Waals surface area contributed by atoms with Crippen LogP contribution in [0.4, 0.5) is 0 Å². The van der Waals surface area contributed by atoms with Crippen molar-refractivity contribution < 1.29 is 4.42 Å². The lowest BCUT2D eigenvalue weighted by molar-refractivity contribution is 0.121. The van der Waals surface area contributed by atoms with Gasteiger partial charge >= 0.3 is 0 Å². The minimum Gasteiger partial charge on any atom is -0.466 e. The zero-order valence-corrected chi connectivity index (χ0v) is 12.9. The molecule has 1 saturated heterocycles.